The van der Waals surface area contributed by atoms with Gasteiger partial charge < -0.3 is 15.0 Å². The molecule has 0 amide bonds. The number of ether oxygens (including phenoxy) is 1. The summed E-state index contributed by atoms with van der Waals surface area (Å²) in [5.74, 6) is 1.72. The van der Waals surface area contributed by atoms with Crippen LogP contribution in [0.5, 0.6) is 0 Å². The Morgan fingerprint density at radius 1 is 1.31 bits per heavy atom. The summed E-state index contributed by atoms with van der Waals surface area (Å²) < 4.78 is 5.92. The molecule has 1 aromatic carbocycles. The first kappa shape index (κ1) is 21.8. The Hall–Kier alpha value is -0.470. The summed E-state index contributed by atoms with van der Waals surface area (Å²) in [4.78, 5) is 8.78. The highest BCUT2D eigenvalue weighted by Crippen LogP contribution is 2.51. The van der Waals surface area contributed by atoms with Gasteiger partial charge in [0, 0.05) is 41.8 Å². The average molecular weight is 489 g/mol. The molecule has 3 rings (SSSR count). The van der Waals surface area contributed by atoms with Gasteiger partial charge in [-0.3, -0.25) is 4.99 Å². The molecule has 26 heavy (non-hydrogen) atoms. The molecule has 1 aliphatic carbocycles. The minimum absolute atomic E-state index is 0. The number of nitrogens with one attached hydrogen (secondary N) is 1. The number of rotatable bonds is 8. The standard InChI is InChI=1S/C20H31N3OS.HI/c1-3-21-19(23-13-10-17(14-23)15-24-4-2)22-16-20(11-12-20)25-18-8-6-5-7-9-18;/h5-9,17H,3-4,10-16H2,1-2H3,(H,21,22);1H. The van der Waals surface area contributed by atoms with Crippen LogP contribution < -0.4 is 5.32 Å². The topological polar surface area (TPSA) is 36.9 Å². The van der Waals surface area contributed by atoms with Crippen LogP contribution in [0.25, 0.3) is 0 Å². The van der Waals surface area contributed by atoms with Crippen LogP contribution in [0.3, 0.4) is 0 Å². The molecular weight excluding hydrogens is 457 g/mol. The average Bonchev–Trinajstić information content (AvgIpc) is 3.23. The van der Waals surface area contributed by atoms with E-state index in [9.17, 15) is 0 Å². The van der Waals surface area contributed by atoms with Gasteiger partial charge in [0.05, 0.1) is 13.2 Å². The quantitative estimate of drug-likeness (QED) is 0.337. The van der Waals surface area contributed by atoms with E-state index in [1.165, 1.54) is 24.2 Å². The van der Waals surface area contributed by atoms with Crippen LogP contribution in [0.4, 0.5) is 0 Å². The van der Waals surface area contributed by atoms with Crippen molar-refractivity contribution in [2.24, 2.45) is 10.9 Å². The third kappa shape index (κ3) is 6.30. The second kappa shape index (κ2) is 10.8. The van der Waals surface area contributed by atoms with Crippen molar-refractivity contribution >= 4 is 41.7 Å². The lowest BCUT2D eigenvalue weighted by molar-refractivity contribution is 0.114. The summed E-state index contributed by atoms with van der Waals surface area (Å²) in [7, 11) is 0. The van der Waals surface area contributed by atoms with Crippen LogP contribution >= 0.6 is 35.7 Å². The number of aliphatic imine (C=N–C) groups is 1. The molecular formula is C20H32IN3OS. The van der Waals surface area contributed by atoms with Gasteiger partial charge in [-0.25, -0.2) is 0 Å². The molecule has 2 aliphatic rings. The minimum Gasteiger partial charge on any atom is -0.381 e. The second-order valence-electron chi connectivity index (χ2n) is 7.03. The van der Waals surface area contributed by atoms with Gasteiger partial charge in [0.2, 0.25) is 0 Å². The van der Waals surface area contributed by atoms with Gasteiger partial charge in [0.25, 0.3) is 0 Å². The zero-order valence-corrected chi connectivity index (χ0v) is 19.1. The van der Waals surface area contributed by atoms with Crippen molar-refractivity contribution in [3.63, 3.8) is 0 Å². The Kier molecular flexibility index (Phi) is 9.03. The van der Waals surface area contributed by atoms with Crippen LogP contribution in [0.2, 0.25) is 0 Å². The highest BCUT2D eigenvalue weighted by Gasteiger charge is 2.43. The number of halogens is 1. The summed E-state index contributed by atoms with van der Waals surface area (Å²) in [6.45, 7) is 9.87. The van der Waals surface area contributed by atoms with Gasteiger partial charge in [0.1, 0.15) is 0 Å². The van der Waals surface area contributed by atoms with E-state index in [4.69, 9.17) is 9.73 Å². The number of benzene rings is 1. The van der Waals surface area contributed by atoms with Gasteiger partial charge in [-0.2, -0.15) is 0 Å². The lowest BCUT2D eigenvalue weighted by atomic mass is 10.1. The van der Waals surface area contributed by atoms with E-state index in [0.717, 1.165) is 45.4 Å². The fraction of sp³-hybridized carbons (Fsp3) is 0.650. The minimum atomic E-state index is 0. The van der Waals surface area contributed by atoms with E-state index in [-0.39, 0.29) is 24.0 Å². The number of likely N-dealkylation sites (tertiary alicyclic amines) is 1. The monoisotopic (exact) mass is 489 g/mol. The van der Waals surface area contributed by atoms with Gasteiger partial charge in [-0.1, -0.05) is 18.2 Å². The molecule has 4 nitrogen and oxygen atoms in total. The van der Waals surface area contributed by atoms with E-state index in [1.807, 2.05) is 11.8 Å². The first-order valence-corrected chi connectivity index (χ1v) is 10.4. The van der Waals surface area contributed by atoms with Crippen LogP contribution in [-0.2, 0) is 4.74 Å². The Bertz CT molecular complexity index is 565. The van der Waals surface area contributed by atoms with E-state index < -0.39 is 0 Å². The zero-order valence-electron chi connectivity index (χ0n) is 15.9. The molecule has 1 aliphatic heterocycles. The lowest BCUT2D eigenvalue weighted by Gasteiger charge is -2.23. The zero-order chi connectivity index (χ0) is 17.5. The molecule has 1 heterocycles. The first-order chi connectivity index (χ1) is 12.2. The number of hydrogen-bond donors (Lipinski definition) is 1. The highest BCUT2D eigenvalue weighted by atomic mass is 127. The molecule has 1 saturated carbocycles. The molecule has 2 fully saturated rings. The van der Waals surface area contributed by atoms with Crippen LogP contribution in [-0.4, -0.2) is 55.0 Å². The van der Waals surface area contributed by atoms with Gasteiger partial charge in [0.15, 0.2) is 5.96 Å². The van der Waals surface area contributed by atoms with Crippen LogP contribution in [0.1, 0.15) is 33.1 Å². The number of hydrogen-bond acceptors (Lipinski definition) is 3. The van der Waals surface area contributed by atoms with E-state index in [0.29, 0.717) is 10.7 Å². The van der Waals surface area contributed by atoms with Crippen molar-refractivity contribution in [1.29, 1.82) is 0 Å². The fourth-order valence-corrected chi connectivity index (χ4v) is 4.49. The van der Waals surface area contributed by atoms with Crippen LogP contribution in [0, 0.1) is 5.92 Å². The molecule has 1 saturated heterocycles. The largest absolute Gasteiger partial charge is 0.381 e. The molecule has 6 heteroatoms. The van der Waals surface area contributed by atoms with E-state index >= 15 is 0 Å². The Labute approximate surface area is 179 Å². The van der Waals surface area contributed by atoms with E-state index in [1.54, 1.807) is 0 Å². The van der Waals surface area contributed by atoms with Crippen LogP contribution in [0.15, 0.2) is 40.2 Å². The molecule has 1 N–H and O–H groups in total. The molecule has 1 aromatic rings. The highest BCUT2D eigenvalue weighted by molar-refractivity contribution is 14.0. The van der Waals surface area contributed by atoms with Crippen molar-refractivity contribution in [2.45, 2.75) is 42.8 Å². The maximum absolute atomic E-state index is 5.61. The third-order valence-electron chi connectivity index (χ3n) is 4.88. The molecule has 0 radical (unpaired) electrons. The summed E-state index contributed by atoms with van der Waals surface area (Å²) in [5.41, 5.74) is 0. The van der Waals surface area contributed by atoms with Gasteiger partial charge in [-0.05, 0) is 45.2 Å². The predicted octanol–water partition coefficient (Wildman–Crippen LogP) is 4.25. The number of nitrogens with zero attached hydrogens (tertiary/aromatic N) is 2. The van der Waals surface area contributed by atoms with Crippen molar-refractivity contribution < 1.29 is 4.74 Å². The third-order valence-corrected chi connectivity index (χ3v) is 6.36. The molecule has 1 atom stereocenters. The fourth-order valence-electron chi connectivity index (χ4n) is 3.26. The van der Waals surface area contributed by atoms with Crippen molar-refractivity contribution in [3.05, 3.63) is 30.3 Å². The number of guanidine groups is 1. The maximum atomic E-state index is 5.61. The molecule has 0 bridgehead atoms. The predicted molar refractivity (Wildman–Crippen MR) is 122 cm³/mol. The summed E-state index contributed by atoms with van der Waals surface area (Å²) >= 11 is 2.00. The first-order valence-electron chi connectivity index (χ1n) is 9.60. The SMILES string of the molecule is CCNC(=NCC1(Sc2ccccc2)CC1)N1CCC(COCC)C1.I. The Morgan fingerprint density at radius 3 is 2.73 bits per heavy atom. The summed E-state index contributed by atoms with van der Waals surface area (Å²) in [6, 6.07) is 10.7. The summed E-state index contributed by atoms with van der Waals surface area (Å²) in [5, 5.41) is 3.49. The maximum Gasteiger partial charge on any atom is 0.193 e. The Balaban J connectivity index is 0.00000243. The van der Waals surface area contributed by atoms with Crippen molar-refractivity contribution in [1.82, 2.24) is 10.2 Å². The van der Waals surface area contributed by atoms with Gasteiger partial charge >= 0.3 is 0 Å². The van der Waals surface area contributed by atoms with Gasteiger partial charge in [-0.15, -0.1) is 35.7 Å². The van der Waals surface area contributed by atoms with E-state index in [2.05, 4.69) is 54.4 Å². The molecule has 1 unspecified atom stereocenters. The van der Waals surface area contributed by atoms with Crippen molar-refractivity contribution in [2.75, 3.05) is 39.4 Å². The molecule has 0 spiro atoms. The molecule has 146 valence electrons. The Morgan fingerprint density at radius 2 is 2.08 bits per heavy atom. The normalized spacial score (nSPS) is 21.4. The van der Waals surface area contributed by atoms with Crippen molar-refractivity contribution in [3.8, 4) is 0 Å². The molecule has 0 aromatic heterocycles. The summed E-state index contributed by atoms with van der Waals surface area (Å²) in [6.07, 6.45) is 3.74. The lowest BCUT2D eigenvalue weighted by Crippen LogP contribution is -2.40. The number of thioether (sulfide) groups is 1. The second-order valence-corrected chi connectivity index (χ2v) is 8.57. The smallest absolute Gasteiger partial charge is 0.193 e.